The number of para-hydroxylation sites is 1. The summed E-state index contributed by atoms with van der Waals surface area (Å²) in [6, 6.07) is 11.5. The molecule has 3 amide bonds. The number of aromatic nitrogens is 3. The van der Waals surface area contributed by atoms with Crippen molar-refractivity contribution in [3.8, 4) is 11.1 Å². The minimum absolute atomic E-state index is 0.0659. The van der Waals surface area contributed by atoms with E-state index in [9.17, 15) is 14.0 Å². The third-order valence-corrected chi connectivity index (χ3v) is 7.78. The molecule has 0 saturated heterocycles. The number of anilines is 2. The van der Waals surface area contributed by atoms with Crippen LogP contribution in [-0.4, -0.2) is 26.3 Å². The van der Waals surface area contributed by atoms with E-state index in [1.807, 2.05) is 36.1 Å². The highest BCUT2D eigenvalue weighted by molar-refractivity contribution is 6.20. The molecule has 0 radical (unpaired) electrons. The van der Waals surface area contributed by atoms with Gasteiger partial charge in [0, 0.05) is 58.9 Å². The molecular weight excluding hydrogens is 495 g/mol. The van der Waals surface area contributed by atoms with E-state index in [0.717, 1.165) is 68.2 Å². The summed E-state index contributed by atoms with van der Waals surface area (Å²) in [5.41, 5.74) is 8.76. The third-order valence-electron chi connectivity index (χ3n) is 7.78. The SMILES string of the molecule is CC(C)n1c2ccc(NC(=O)Nc3ccccc3F)cc2c2c3c(c4c(c21)CCc1nn(C)cc1-4)C(=O)NC3. The summed E-state index contributed by atoms with van der Waals surface area (Å²) in [5, 5.41) is 15.1. The zero-order valence-corrected chi connectivity index (χ0v) is 21.9. The molecule has 7 rings (SSSR count). The maximum atomic E-state index is 14.1. The van der Waals surface area contributed by atoms with Gasteiger partial charge in [-0.05, 0) is 68.1 Å². The third kappa shape index (κ3) is 3.46. The number of carbonyl (C=O) groups is 2. The van der Waals surface area contributed by atoms with Gasteiger partial charge in [0.15, 0.2) is 0 Å². The number of fused-ring (bicyclic) bond motifs is 10. The van der Waals surface area contributed by atoms with Crippen molar-refractivity contribution in [2.45, 2.75) is 39.3 Å². The van der Waals surface area contributed by atoms with E-state index < -0.39 is 11.8 Å². The quantitative estimate of drug-likeness (QED) is 0.275. The molecule has 196 valence electrons. The molecule has 1 aliphatic carbocycles. The second-order valence-electron chi connectivity index (χ2n) is 10.5. The van der Waals surface area contributed by atoms with Crippen molar-refractivity contribution in [1.82, 2.24) is 19.7 Å². The van der Waals surface area contributed by atoms with Gasteiger partial charge in [-0.1, -0.05) is 12.1 Å². The Morgan fingerprint density at radius 1 is 1.08 bits per heavy atom. The first-order chi connectivity index (χ1) is 18.8. The number of nitrogens with zero attached hydrogens (tertiary/aromatic N) is 3. The fraction of sp³-hybridized carbons (Fsp3) is 0.233. The van der Waals surface area contributed by atoms with Crippen LogP contribution in [0, 0.1) is 5.82 Å². The van der Waals surface area contributed by atoms with Crippen molar-refractivity contribution in [3.63, 3.8) is 0 Å². The number of halogens is 1. The van der Waals surface area contributed by atoms with E-state index in [-0.39, 0.29) is 17.6 Å². The Kier molecular flexibility index (Phi) is 5.07. The number of amides is 3. The predicted octanol–water partition coefficient (Wildman–Crippen LogP) is 5.90. The van der Waals surface area contributed by atoms with E-state index >= 15 is 0 Å². The Morgan fingerprint density at radius 2 is 1.90 bits per heavy atom. The summed E-state index contributed by atoms with van der Waals surface area (Å²) in [6.07, 6.45) is 3.61. The predicted molar refractivity (Wildman–Crippen MR) is 150 cm³/mol. The van der Waals surface area contributed by atoms with Crippen molar-refractivity contribution >= 4 is 45.1 Å². The van der Waals surface area contributed by atoms with Gasteiger partial charge in [0.05, 0.1) is 22.5 Å². The van der Waals surface area contributed by atoms with Crippen LogP contribution >= 0.6 is 0 Å². The smallest absolute Gasteiger partial charge is 0.323 e. The molecule has 2 aliphatic rings. The molecule has 3 N–H and O–H groups in total. The van der Waals surface area contributed by atoms with Gasteiger partial charge in [0.1, 0.15) is 5.82 Å². The summed E-state index contributed by atoms with van der Waals surface area (Å²) in [5.74, 6) is -0.568. The first kappa shape index (κ1) is 23.5. The molecule has 2 aromatic heterocycles. The van der Waals surface area contributed by atoms with E-state index in [2.05, 4.69) is 39.5 Å². The summed E-state index contributed by atoms with van der Waals surface area (Å²) in [4.78, 5) is 26.0. The monoisotopic (exact) mass is 522 g/mol. The highest BCUT2D eigenvalue weighted by Gasteiger charge is 2.35. The Balaban J connectivity index is 1.44. The van der Waals surface area contributed by atoms with E-state index in [1.54, 1.807) is 12.1 Å². The maximum absolute atomic E-state index is 14.1. The molecule has 0 unspecified atom stereocenters. The van der Waals surface area contributed by atoms with Crippen molar-refractivity contribution in [3.05, 3.63) is 76.9 Å². The highest BCUT2D eigenvalue weighted by Crippen LogP contribution is 2.47. The largest absolute Gasteiger partial charge is 0.348 e. The van der Waals surface area contributed by atoms with Crippen LogP contribution in [-0.2, 0) is 26.4 Å². The van der Waals surface area contributed by atoms with Crippen LogP contribution in [0.2, 0.25) is 0 Å². The molecule has 8 nitrogen and oxygen atoms in total. The first-order valence-electron chi connectivity index (χ1n) is 13.1. The van der Waals surface area contributed by atoms with Crippen molar-refractivity contribution < 1.29 is 14.0 Å². The molecule has 0 fully saturated rings. The average molecular weight is 523 g/mol. The minimum Gasteiger partial charge on any atom is -0.348 e. The Morgan fingerprint density at radius 3 is 2.69 bits per heavy atom. The van der Waals surface area contributed by atoms with Crippen LogP contribution in [0.4, 0.5) is 20.6 Å². The Bertz CT molecular complexity index is 1870. The van der Waals surface area contributed by atoms with Crippen molar-refractivity contribution in [2.24, 2.45) is 7.05 Å². The second kappa shape index (κ2) is 8.42. The molecular formula is C30H27FN6O2. The average Bonchev–Trinajstić information content (AvgIpc) is 3.57. The van der Waals surface area contributed by atoms with Crippen LogP contribution in [0.3, 0.4) is 0 Å². The fourth-order valence-electron chi connectivity index (χ4n) is 6.32. The van der Waals surface area contributed by atoms with Gasteiger partial charge in [0.25, 0.3) is 5.91 Å². The lowest BCUT2D eigenvalue weighted by molar-refractivity contribution is 0.0966. The lowest BCUT2D eigenvalue weighted by Gasteiger charge is -2.22. The molecule has 0 bridgehead atoms. The van der Waals surface area contributed by atoms with E-state index in [1.165, 1.54) is 12.1 Å². The summed E-state index contributed by atoms with van der Waals surface area (Å²) in [6.45, 7) is 4.76. The number of hydrogen-bond acceptors (Lipinski definition) is 3. The first-order valence-corrected chi connectivity index (χ1v) is 13.1. The molecule has 1 aliphatic heterocycles. The van der Waals surface area contributed by atoms with E-state index in [4.69, 9.17) is 0 Å². The molecule has 39 heavy (non-hydrogen) atoms. The van der Waals surface area contributed by atoms with Crippen LogP contribution in [0.5, 0.6) is 0 Å². The number of carbonyl (C=O) groups excluding carboxylic acids is 2. The molecule has 9 heteroatoms. The van der Waals surface area contributed by atoms with Gasteiger partial charge < -0.3 is 20.5 Å². The molecule has 0 saturated carbocycles. The van der Waals surface area contributed by atoms with Gasteiger partial charge in [-0.3, -0.25) is 9.48 Å². The number of nitrogens with one attached hydrogen (secondary N) is 3. The Labute approximate surface area is 223 Å². The van der Waals surface area contributed by atoms with Gasteiger partial charge in [-0.2, -0.15) is 5.10 Å². The van der Waals surface area contributed by atoms with Crippen LogP contribution in [0.15, 0.2) is 48.7 Å². The van der Waals surface area contributed by atoms with Gasteiger partial charge in [-0.15, -0.1) is 0 Å². The number of urea groups is 1. The standard InChI is InChI=1S/C30H27FN6O2/c1-15(2)37-24-11-8-16(33-30(39)34-23-7-5-4-6-21(23)31)12-18(24)26-19-13-32-29(38)27(19)25-17(28(26)37)9-10-22-20(25)14-36(3)35-22/h4-8,11-12,14-15H,9-10,13H2,1-3H3,(H,32,38)(H2,33,34,39). The lowest BCUT2D eigenvalue weighted by atomic mass is 9.82. The minimum atomic E-state index is -0.532. The van der Waals surface area contributed by atoms with Gasteiger partial charge in [-0.25, -0.2) is 9.18 Å². The molecule has 3 heterocycles. The van der Waals surface area contributed by atoms with Crippen molar-refractivity contribution in [1.29, 1.82) is 0 Å². The molecule has 0 spiro atoms. The van der Waals surface area contributed by atoms with E-state index in [0.29, 0.717) is 12.2 Å². The Hall–Kier alpha value is -4.66. The van der Waals surface area contributed by atoms with Crippen LogP contribution in [0.1, 0.15) is 47.1 Å². The maximum Gasteiger partial charge on any atom is 0.323 e. The lowest BCUT2D eigenvalue weighted by Crippen LogP contribution is -2.20. The number of rotatable bonds is 3. The number of benzene rings is 3. The zero-order valence-electron chi connectivity index (χ0n) is 21.9. The fourth-order valence-corrected chi connectivity index (χ4v) is 6.32. The molecule has 3 aromatic carbocycles. The summed E-state index contributed by atoms with van der Waals surface area (Å²) < 4.78 is 18.2. The highest BCUT2D eigenvalue weighted by atomic mass is 19.1. The summed E-state index contributed by atoms with van der Waals surface area (Å²) in [7, 11) is 1.92. The summed E-state index contributed by atoms with van der Waals surface area (Å²) >= 11 is 0. The second-order valence-corrected chi connectivity index (χ2v) is 10.5. The van der Waals surface area contributed by atoms with Gasteiger partial charge in [0.2, 0.25) is 0 Å². The number of aryl methyl sites for hydroxylation is 3. The molecule has 0 atom stereocenters. The topological polar surface area (TPSA) is 93.0 Å². The molecule has 5 aromatic rings. The van der Waals surface area contributed by atoms with Crippen molar-refractivity contribution in [2.75, 3.05) is 10.6 Å². The van der Waals surface area contributed by atoms with Crippen LogP contribution < -0.4 is 16.0 Å². The number of hydrogen-bond donors (Lipinski definition) is 3. The zero-order chi connectivity index (χ0) is 27.0. The van der Waals surface area contributed by atoms with Crippen LogP contribution in [0.25, 0.3) is 32.9 Å². The van der Waals surface area contributed by atoms with Gasteiger partial charge >= 0.3 is 6.03 Å². The normalized spacial score (nSPS) is 13.9.